The van der Waals surface area contributed by atoms with Gasteiger partial charge >= 0.3 is 0 Å². The van der Waals surface area contributed by atoms with E-state index in [1.807, 2.05) is 6.92 Å². The van der Waals surface area contributed by atoms with Gasteiger partial charge in [-0.1, -0.05) is 48.0 Å². The van der Waals surface area contributed by atoms with Crippen LogP contribution < -0.4 is 4.72 Å². The number of nitrogens with zero attached hydrogens (tertiary/aromatic N) is 1. The van der Waals surface area contributed by atoms with E-state index in [-0.39, 0.29) is 16.4 Å². The van der Waals surface area contributed by atoms with Crippen LogP contribution in [0.1, 0.15) is 22.9 Å². The Hall–Kier alpha value is -3.23. The first-order valence-corrected chi connectivity index (χ1v) is 9.88. The lowest BCUT2D eigenvalue weighted by atomic mass is 10.0. The Balaban J connectivity index is 2.07. The molecule has 0 fully saturated rings. The van der Waals surface area contributed by atoms with Crippen molar-refractivity contribution in [2.75, 3.05) is 0 Å². The number of hydrogen-bond acceptors (Lipinski definition) is 5. The Labute approximate surface area is 162 Å². The van der Waals surface area contributed by atoms with Crippen LogP contribution in [0.3, 0.4) is 0 Å². The highest BCUT2D eigenvalue weighted by Gasteiger charge is 2.32. The van der Waals surface area contributed by atoms with Gasteiger partial charge < -0.3 is 4.42 Å². The van der Waals surface area contributed by atoms with Crippen molar-refractivity contribution in [2.24, 2.45) is 0 Å². The lowest BCUT2D eigenvalue weighted by molar-refractivity contribution is -0.429. The molecule has 0 bridgehead atoms. The first-order chi connectivity index (χ1) is 13.4. The van der Waals surface area contributed by atoms with E-state index in [1.165, 1.54) is 24.5 Å². The molecule has 1 unspecified atom stereocenters. The molecule has 0 aliphatic heterocycles. The average molecular weight is 398 g/mol. The smallest absolute Gasteiger partial charge is 0.272 e. The van der Waals surface area contributed by atoms with Gasteiger partial charge in [-0.15, -0.1) is 0 Å². The van der Waals surface area contributed by atoms with Crippen molar-refractivity contribution in [3.8, 4) is 0 Å². The van der Waals surface area contributed by atoms with Crippen molar-refractivity contribution in [1.82, 2.24) is 4.72 Å². The maximum absolute atomic E-state index is 12.9. The summed E-state index contributed by atoms with van der Waals surface area (Å²) < 4.78 is 33.4. The van der Waals surface area contributed by atoms with Gasteiger partial charge in [-0.3, -0.25) is 10.1 Å². The van der Waals surface area contributed by atoms with E-state index in [1.54, 1.807) is 54.6 Å². The molecule has 1 N–H and O–H groups in total. The van der Waals surface area contributed by atoms with Crippen molar-refractivity contribution < 1.29 is 17.8 Å². The van der Waals surface area contributed by atoms with Gasteiger partial charge in [0.15, 0.2) is 0 Å². The van der Waals surface area contributed by atoms with Gasteiger partial charge in [0, 0.05) is 0 Å². The van der Waals surface area contributed by atoms with Crippen molar-refractivity contribution in [3.05, 3.63) is 106 Å². The number of aryl methyl sites for hydroxylation is 1. The maximum Gasteiger partial charge on any atom is 0.272 e. The van der Waals surface area contributed by atoms with Crippen LogP contribution in [-0.4, -0.2) is 13.3 Å². The van der Waals surface area contributed by atoms with E-state index in [4.69, 9.17) is 4.42 Å². The summed E-state index contributed by atoms with van der Waals surface area (Å²) in [6, 6.07) is 16.6. The molecule has 8 heteroatoms. The number of sulfonamides is 1. The molecule has 0 spiro atoms. The van der Waals surface area contributed by atoms with Crippen molar-refractivity contribution in [3.63, 3.8) is 0 Å². The third-order valence-corrected chi connectivity index (χ3v) is 5.52. The van der Waals surface area contributed by atoms with Gasteiger partial charge in [-0.2, -0.15) is 4.72 Å². The summed E-state index contributed by atoms with van der Waals surface area (Å²) in [5, 5.41) is 11.8. The fraction of sp³-hybridized carbons (Fsp3) is 0.100. The van der Waals surface area contributed by atoms with Crippen LogP contribution in [-0.2, 0) is 10.0 Å². The predicted octanol–water partition coefficient (Wildman–Crippen LogP) is 3.93. The van der Waals surface area contributed by atoms with E-state index < -0.39 is 21.0 Å². The van der Waals surface area contributed by atoms with Crippen LogP contribution in [0, 0.1) is 17.0 Å². The van der Waals surface area contributed by atoms with Gasteiger partial charge in [0.25, 0.3) is 5.70 Å². The molecular formula is C20H18N2O5S. The Morgan fingerprint density at radius 3 is 2.32 bits per heavy atom. The van der Waals surface area contributed by atoms with Gasteiger partial charge in [0.05, 0.1) is 22.2 Å². The quantitative estimate of drug-likeness (QED) is 0.480. The zero-order valence-electron chi connectivity index (χ0n) is 15.0. The number of hydrogen-bond donors (Lipinski definition) is 1. The van der Waals surface area contributed by atoms with Gasteiger partial charge in [-0.05, 0) is 36.8 Å². The van der Waals surface area contributed by atoms with E-state index in [2.05, 4.69) is 4.72 Å². The summed E-state index contributed by atoms with van der Waals surface area (Å²) in [6.45, 7) is 1.84. The zero-order valence-corrected chi connectivity index (χ0v) is 15.8. The molecule has 1 heterocycles. The monoisotopic (exact) mass is 398 g/mol. The van der Waals surface area contributed by atoms with Crippen LogP contribution in [0.2, 0.25) is 0 Å². The van der Waals surface area contributed by atoms with Crippen molar-refractivity contribution in [2.45, 2.75) is 17.9 Å². The SMILES string of the molecule is Cc1ccc(S(=O)(=O)NC(/C(=C\c2ccco2)[N+](=O)[O-])c2ccccc2)cc1. The fourth-order valence-corrected chi connectivity index (χ4v) is 3.84. The summed E-state index contributed by atoms with van der Waals surface area (Å²) in [5.74, 6) is 0.252. The summed E-state index contributed by atoms with van der Waals surface area (Å²) in [7, 11) is -4.01. The first-order valence-electron chi connectivity index (χ1n) is 8.40. The molecule has 28 heavy (non-hydrogen) atoms. The Kier molecular flexibility index (Phi) is 5.72. The molecule has 3 rings (SSSR count). The second kappa shape index (κ2) is 8.20. The van der Waals surface area contributed by atoms with Crippen LogP contribution >= 0.6 is 0 Å². The van der Waals surface area contributed by atoms with Gasteiger partial charge in [0.2, 0.25) is 10.0 Å². The standard InChI is InChI=1S/C20H18N2O5S/c1-15-9-11-18(12-10-15)28(25,26)21-20(16-6-3-2-4-7-16)19(22(23)24)14-17-8-5-13-27-17/h2-14,20-21H,1H3/b19-14+. The molecule has 0 radical (unpaired) electrons. The molecule has 0 aliphatic rings. The van der Waals surface area contributed by atoms with E-state index in [0.29, 0.717) is 5.56 Å². The van der Waals surface area contributed by atoms with Crippen LogP contribution in [0.25, 0.3) is 6.08 Å². The summed E-state index contributed by atoms with van der Waals surface area (Å²) >= 11 is 0. The highest BCUT2D eigenvalue weighted by atomic mass is 32.2. The molecule has 3 aromatic rings. The van der Waals surface area contributed by atoms with Gasteiger partial charge in [0.1, 0.15) is 11.8 Å². The normalized spacial score (nSPS) is 13.2. The molecule has 7 nitrogen and oxygen atoms in total. The predicted molar refractivity (Wildman–Crippen MR) is 104 cm³/mol. The number of rotatable bonds is 7. The van der Waals surface area contributed by atoms with Crippen LogP contribution in [0.4, 0.5) is 0 Å². The number of furan rings is 1. The van der Waals surface area contributed by atoms with E-state index >= 15 is 0 Å². The lowest BCUT2D eigenvalue weighted by Crippen LogP contribution is -2.32. The lowest BCUT2D eigenvalue weighted by Gasteiger charge is -2.17. The van der Waals surface area contributed by atoms with Crippen molar-refractivity contribution >= 4 is 16.1 Å². The van der Waals surface area contributed by atoms with Gasteiger partial charge in [-0.25, -0.2) is 8.42 Å². The van der Waals surface area contributed by atoms with E-state index in [0.717, 1.165) is 5.56 Å². The number of nitrogens with one attached hydrogen (secondary N) is 1. The number of nitro groups is 1. The highest BCUT2D eigenvalue weighted by molar-refractivity contribution is 7.89. The second-order valence-electron chi connectivity index (χ2n) is 6.12. The molecule has 0 aliphatic carbocycles. The third kappa shape index (κ3) is 4.54. The Bertz CT molecular complexity index is 1070. The maximum atomic E-state index is 12.9. The minimum Gasteiger partial charge on any atom is -0.465 e. The molecule has 0 saturated carbocycles. The van der Waals surface area contributed by atoms with Crippen LogP contribution in [0.5, 0.6) is 0 Å². The molecule has 0 saturated heterocycles. The molecule has 0 amide bonds. The summed E-state index contributed by atoms with van der Waals surface area (Å²) in [5.41, 5.74) is 0.992. The number of benzene rings is 2. The summed E-state index contributed by atoms with van der Waals surface area (Å²) in [6.07, 6.45) is 2.60. The molecule has 144 valence electrons. The topological polar surface area (TPSA) is 102 Å². The fourth-order valence-electron chi connectivity index (χ4n) is 2.65. The Morgan fingerprint density at radius 2 is 1.75 bits per heavy atom. The molecule has 2 aromatic carbocycles. The zero-order chi connectivity index (χ0) is 20.1. The highest BCUT2D eigenvalue weighted by Crippen LogP contribution is 2.27. The minimum absolute atomic E-state index is 0.0275. The third-order valence-electron chi connectivity index (χ3n) is 4.08. The molecule has 1 aromatic heterocycles. The molecular weight excluding hydrogens is 380 g/mol. The second-order valence-corrected chi connectivity index (χ2v) is 7.83. The Morgan fingerprint density at radius 1 is 1.07 bits per heavy atom. The largest absolute Gasteiger partial charge is 0.465 e. The van der Waals surface area contributed by atoms with Crippen LogP contribution in [0.15, 0.2) is 88.0 Å². The average Bonchev–Trinajstić information content (AvgIpc) is 3.19. The molecule has 1 atom stereocenters. The first kappa shape index (κ1) is 19.5. The summed E-state index contributed by atoms with van der Waals surface area (Å²) in [4.78, 5) is 11.2. The van der Waals surface area contributed by atoms with E-state index in [9.17, 15) is 18.5 Å². The minimum atomic E-state index is -4.01. The van der Waals surface area contributed by atoms with Crippen molar-refractivity contribution in [1.29, 1.82) is 0 Å².